The summed E-state index contributed by atoms with van der Waals surface area (Å²) in [5, 5.41) is 0. The lowest BCUT2D eigenvalue weighted by Gasteiger charge is -1.90. The molecule has 0 N–H and O–H groups in total. The molecule has 1 aromatic rings. The van der Waals surface area contributed by atoms with Crippen molar-refractivity contribution in [2.24, 2.45) is 0 Å². The lowest BCUT2D eigenvalue weighted by Crippen LogP contribution is -1.73. The Kier molecular flexibility index (Phi) is 2.32. The first-order valence-electron chi connectivity index (χ1n) is 2.62. The van der Waals surface area contributed by atoms with Crippen LogP contribution in [0.1, 0.15) is 5.56 Å². The summed E-state index contributed by atoms with van der Waals surface area (Å²) < 4.78 is 0. The molecule has 0 saturated carbocycles. The molecule has 0 nitrogen and oxygen atoms in total. The monoisotopic (exact) mass is 154 g/mol. The van der Waals surface area contributed by atoms with Crippen LogP contribution in [0.15, 0.2) is 29.2 Å². The van der Waals surface area contributed by atoms with Crippen LogP contribution in [0.3, 0.4) is 0 Å². The topological polar surface area (TPSA) is 0 Å². The van der Waals surface area contributed by atoms with Gasteiger partial charge in [0.25, 0.3) is 0 Å². The van der Waals surface area contributed by atoms with E-state index in [1.165, 1.54) is 0 Å². The molecule has 0 radical (unpaired) electrons. The smallest absolute Gasteiger partial charge is 0.00403 e. The normalized spacial score (nSPS) is 9.00. The first-order chi connectivity index (χ1) is 4.33. The lowest BCUT2D eigenvalue weighted by molar-refractivity contribution is 1.47. The van der Waals surface area contributed by atoms with Crippen LogP contribution in [0.4, 0.5) is 0 Å². The van der Waals surface area contributed by atoms with Gasteiger partial charge in [0.1, 0.15) is 0 Å². The Morgan fingerprint density at radius 1 is 1.22 bits per heavy atom. The van der Waals surface area contributed by atoms with E-state index in [1.807, 2.05) is 30.1 Å². The van der Waals surface area contributed by atoms with Gasteiger partial charge in [0, 0.05) is 4.90 Å². The Morgan fingerprint density at radius 2 is 1.78 bits per heavy atom. The Labute approximate surface area is 62.5 Å². The molecule has 2 heteroatoms. The van der Waals surface area contributed by atoms with Crippen LogP contribution >= 0.6 is 21.5 Å². The molecule has 1 aromatic carbocycles. The maximum Gasteiger partial charge on any atom is 0.00403 e. The van der Waals surface area contributed by atoms with Gasteiger partial charge in [-0.25, -0.2) is 0 Å². The van der Waals surface area contributed by atoms with E-state index in [9.17, 15) is 0 Å². The summed E-state index contributed by atoms with van der Waals surface area (Å²) in [7, 11) is 3.28. The molecule has 0 aliphatic carbocycles. The van der Waals surface area contributed by atoms with Gasteiger partial charge in [-0.15, -0.1) is 21.5 Å². The van der Waals surface area contributed by atoms with E-state index in [2.05, 4.69) is 21.5 Å². The molecule has 0 aromatic heterocycles. The summed E-state index contributed by atoms with van der Waals surface area (Å²) in [6.45, 7) is 0. The molecule has 0 aliphatic heterocycles. The molecule has 9 heavy (non-hydrogen) atoms. The molecule has 46 valence electrons. The van der Waals surface area contributed by atoms with E-state index in [0.717, 1.165) is 10.5 Å². The number of benzene rings is 1. The number of hydrogen-bond donors (Lipinski definition) is 1. The Balaban J connectivity index is 3.01. The fraction of sp³-hybridized carbons (Fsp3) is 0. The van der Waals surface area contributed by atoms with E-state index in [4.69, 9.17) is 0 Å². The molecule has 0 amide bonds. The quantitative estimate of drug-likeness (QED) is 0.465. The van der Waals surface area contributed by atoms with Gasteiger partial charge in [-0.3, -0.25) is 0 Å². The van der Waals surface area contributed by atoms with Crippen molar-refractivity contribution in [3.63, 3.8) is 0 Å². The summed E-state index contributed by atoms with van der Waals surface area (Å²) in [4.78, 5) is 0.993. The van der Waals surface area contributed by atoms with Gasteiger partial charge in [0.2, 0.25) is 0 Å². The highest BCUT2D eigenvalue weighted by Crippen LogP contribution is 2.05. The molecule has 0 aliphatic rings. The van der Waals surface area contributed by atoms with Crippen LogP contribution in [0, 0.1) is 0 Å². The highest BCUT2D eigenvalue weighted by molar-refractivity contribution is 7.80. The van der Waals surface area contributed by atoms with E-state index < -0.39 is 0 Å². The molecule has 0 saturated heterocycles. The zero-order valence-electron chi connectivity index (χ0n) is 4.83. The van der Waals surface area contributed by atoms with Gasteiger partial charge in [-0.2, -0.15) is 0 Å². The highest BCUT2D eigenvalue weighted by Gasteiger charge is 1.83. The third-order valence-corrected chi connectivity index (χ3v) is 1.69. The summed E-state index contributed by atoms with van der Waals surface area (Å²) in [6.07, 6.45) is 0. The molecule has 0 spiro atoms. The Hall–Kier alpha value is -0.260. The summed E-state index contributed by atoms with van der Waals surface area (Å²) in [6, 6.07) is 7.90. The summed E-state index contributed by atoms with van der Waals surface area (Å²) in [5.41, 5.74) is 1.16. The first kappa shape index (κ1) is 6.85. The molecular weight excluding hydrogens is 147 g/mol. The maximum atomic E-state index is 4.14. The third kappa shape index (κ3) is 1.85. The van der Waals surface area contributed by atoms with E-state index in [1.54, 1.807) is 0 Å². The second-order valence-corrected chi connectivity index (χ2v) is 2.54. The fourth-order valence-corrected chi connectivity index (χ4v) is 0.912. The molecule has 0 atom stereocenters. The molecule has 1 rings (SSSR count). The van der Waals surface area contributed by atoms with Crippen LogP contribution in [-0.4, -0.2) is 5.80 Å². The number of hydrogen-bond acceptors (Lipinski definition) is 1. The second-order valence-electron chi connectivity index (χ2n) is 1.74. The molecular formula is C7H7PS. The van der Waals surface area contributed by atoms with Gasteiger partial charge < -0.3 is 0 Å². The second kappa shape index (κ2) is 3.05. The summed E-state index contributed by atoms with van der Waals surface area (Å²) in [5.74, 6) is 1.87. The minimum absolute atomic E-state index is 0.993. The van der Waals surface area contributed by atoms with Crippen LogP contribution in [-0.2, 0) is 0 Å². The van der Waals surface area contributed by atoms with E-state index in [-0.39, 0.29) is 0 Å². The van der Waals surface area contributed by atoms with Crippen molar-refractivity contribution in [1.82, 2.24) is 0 Å². The zero-order chi connectivity index (χ0) is 6.69. The minimum atomic E-state index is 0.993. The van der Waals surface area contributed by atoms with Gasteiger partial charge in [-0.1, -0.05) is 12.1 Å². The van der Waals surface area contributed by atoms with Crippen LogP contribution in [0.2, 0.25) is 0 Å². The minimum Gasteiger partial charge on any atom is -0.143 e. The Morgan fingerprint density at radius 3 is 2.22 bits per heavy atom. The SMILES string of the molecule is P=Cc1ccc(S)cc1. The van der Waals surface area contributed by atoms with Crippen LogP contribution < -0.4 is 0 Å². The van der Waals surface area contributed by atoms with Crippen LogP contribution in [0.5, 0.6) is 0 Å². The Bertz CT molecular complexity index is 203. The molecule has 0 bridgehead atoms. The molecule has 0 heterocycles. The predicted octanol–water partition coefficient (Wildman–Crippen LogP) is 2.27. The first-order valence-corrected chi connectivity index (χ1v) is 3.65. The molecule has 0 unspecified atom stereocenters. The van der Waals surface area contributed by atoms with Crippen molar-refractivity contribution >= 4 is 27.3 Å². The van der Waals surface area contributed by atoms with Crippen molar-refractivity contribution in [3.8, 4) is 0 Å². The standard InChI is InChI=1S/C7H7PS/c8-5-6-1-3-7(9)4-2-6/h1-5,8-9H. The zero-order valence-corrected chi connectivity index (χ0v) is 6.73. The van der Waals surface area contributed by atoms with E-state index in [0.29, 0.717) is 0 Å². The maximum absolute atomic E-state index is 4.14. The average molecular weight is 154 g/mol. The predicted molar refractivity (Wildman–Crippen MR) is 47.2 cm³/mol. The largest absolute Gasteiger partial charge is 0.143 e. The number of rotatable bonds is 1. The van der Waals surface area contributed by atoms with Crippen molar-refractivity contribution in [1.29, 1.82) is 0 Å². The van der Waals surface area contributed by atoms with Crippen molar-refractivity contribution in [3.05, 3.63) is 29.8 Å². The van der Waals surface area contributed by atoms with Gasteiger partial charge in [0.05, 0.1) is 0 Å². The fourth-order valence-electron chi connectivity index (χ4n) is 0.571. The van der Waals surface area contributed by atoms with Gasteiger partial charge >= 0.3 is 0 Å². The van der Waals surface area contributed by atoms with Crippen LogP contribution in [0.25, 0.3) is 0 Å². The average Bonchev–Trinajstić information content (AvgIpc) is 1.90. The van der Waals surface area contributed by atoms with E-state index >= 15 is 0 Å². The summed E-state index contributed by atoms with van der Waals surface area (Å²) >= 11 is 4.14. The molecule has 0 fully saturated rings. The van der Waals surface area contributed by atoms with Crippen molar-refractivity contribution < 1.29 is 0 Å². The van der Waals surface area contributed by atoms with Gasteiger partial charge in [0.15, 0.2) is 0 Å². The van der Waals surface area contributed by atoms with Crippen molar-refractivity contribution in [2.45, 2.75) is 4.90 Å². The lowest BCUT2D eigenvalue weighted by atomic mass is 10.2. The van der Waals surface area contributed by atoms with Gasteiger partial charge in [-0.05, 0) is 23.5 Å². The number of thiol groups is 1. The van der Waals surface area contributed by atoms with Crippen molar-refractivity contribution in [2.75, 3.05) is 0 Å². The third-order valence-electron chi connectivity index (χ3n) is 1.06. The highest BCUT2D eigenvalue weighted by atomic mass is 32.1.